The van der Waals surface area contributed by atoms with Gasteiger partial charge in [-0.25, -0.2) is 0 Å². The number of esters is 3. The van der Waals surface area contributed by atoms with Crippen LogP contribution in [0.5, 0.6) is 0 Å². The van der Waals surface area contributed by atoms with Crippen molar-refractivity contribution in [2.24, 2.45) is 0 Å². The van der Waals surface area contributed by atoms with E-state index in [9.17, 15) is 14.4 Å². The molecule has 0 amide bonds. The number of carbonyl (C=O) groups excluding carboxylic acids is 3. The van der Waals surface area contributed by atoms with Gasteiger partial charge in [0.25, 0.3) is 0 Å². The molecule has 63 heavy (non-hydrogen) atoms. The molecule has 0 N–H and O–H groups in total. The SMILES string of the molecule is CCCCCCCC/C=C\CCCCCCCCCCCC(=O)O[C@@H](COC(=O)CCCCCCCCCCCCC)COC(=O)CCCCCCCCCCCCCCCCC. The maximum atomic E-state index is 12.8. The quantitative estimate of drug-likeness (QED) is 0.0262. The second-order valence-electron chi connectivity index (χ2n) is 19.2. The van der Waals surface area contributed by atoms with Gasteiger partial charge < -0.3 is 14.2 Å². The summed E-state index contributed by atoms with van der Waals surface area (Å²) in [6, 6.07) is 0. The van der Waals surface area contributed by atoms with Crippen molar-refractivity contribution in [1.82, 2.24) is 0 Å². The first-order valence-corrected chi connectivity index (χ1v) is 28.2. The van der Waals surface area contributed by atoms with Crippen LogP contribution >= 0.6 is 0 Å². The third-order valence-corrected chi connectivity index (χ3v) is 12.8. The van der Waals surface area contributed by atoms with Crippen LogP contribution in [0.25, 0.3) is 0 Å². The van der Waals surface area contributed by atoms with Crippen LogP contribution < -0.4 is 0 Å². The molecule has 1 atom stereocenters. The van der Waals surface area contributed by atoms with Crippen LogP contribution in [0.3, 0.4) is 0 Å². The molecule has 0 heterocycles. The molecule has 0 fully saturated rings. The molecule has 0 aromatic heterocycles. The Balaban J connectivity index is 4.28. The summed E-state index contributed by atoms with van der Waals surface area (Å²) >= 11 is 0. The molecule has 0 unspecified atom stereocenters. The number of ether oxygens (including phenoxy) is 3. The largest absolute Gasteiger partial charge is 0.462 e. The summed E-state index contributed by atoms with van der Waals surface area (Å²) in [5, 5.41) is 0. The summed E-state index contributed by atoms with van der Waals surface area (Å²) in [6.07, 6.45) is 59.1. The van der Waals surface area contributed by atoms with Crippen molar-refractivity contribution in [2.75, 3.05) is 13.2 Å². The molecule has 372 valence electrons. The predicted octanol–water partition coefficient (Wildman–Crippen LogP) is 18.5. The smallest absolute Gasteiger partial charge is 0.306 e. The lowest BCUT2D eigenvalue weighted by Crippen LogP contribution is -2.30. The van der Waals surface area contributed by atoms with E-state index in [1.165, 1.54) is 218 Å². The van der Waals surface area contributed by atoms with E-state index in [-0.39, 0.29) is 31.1 Å². The lowest BCUT2D eigenvalue weighted by Gasteiger charge is -2.18. The van der Waals surface area contributed by atoms with E-state index in [1.54, 1.807) is 0 Å². The molecule has 0 saturated carbocycles. The summed E-state index contributed by atoms with van der Waals surface area (Å²) in [5.74, 6) is -0.846. The minimum Gasteiger partial charge on any atom is -0.462 e. The lowest BCUT2D eigenvalue weighted by atomic mass is 10.0. The van der Waals surface area contributed by atoms with E-state index in [2.05, 4.69) is 32.9 Å². The van der Waals surface area contributed by atoms with Crippen molar-refractivity contribution in [3.05, 3.63) is 12.2 Å². The topological polar surface area (TPSA) is 78.9 Å². The van der Waals surface area contributed by atoms with Crippen LogP contribution in [0.15, 0.2) is 12.2 Å². The standard InChI is InChI=1S/C57H108O6/c1-4-7-10-13-16-19-22-24-26-27-28-29-31-33-36-39-42-45-48-51-57(60)63-54(52-61-55(58)49-46-43-40-37-34-21-18-15-12-9-6-3)53-62-56(59)50-47-44-41-38-35-32-30-25-23-20-17-14-11-8-5-2/h24,26,54H,4-23,25,27-53H2,1-3H3/b26-24-/t54-/m0/s1. The monoisotopic (exact) mass is 889 g/mol. The van der Waals surface area contributed by atoms with Gasteiger partial charge in [0.05, 0.1) is 0 Å². The molecule has 0 spiro atoms. The Kier molecular flexibility index (Phi) is 51.2. The second-order valence-corrected chi connectivity index (χ2v) is 19.2. The predicted molar refractivity (Wildman–Crippen MR) is 270 cm³/mol. The summed E-state index contributed by atoms with van der Waals surface area (Å²) in [7, 11) is 0. The average Bonchev–Trinajstić information content (AvgIpc) is 3.28. The summed E-state index contributed by atoms with van der Waals surface area (Å²) in [5.41, 5.74) is 0. The van der Waals surface area contributed by atoms with Crippen LogP contribution in [-0.4, -0.2) is 37.2 Å². The minimum absolute atomic E-state index is 0.0650. The molecule has 0 aliphatic heterocycles. The van der Waals surface area contributed by atoms with Gasteiger partial charge in [-0.3, -0.25) is 14.4 Å². The fraction of sp³-hybridized carbons (Fsp3) is 0.912. The molecule has 0 rings (SSSR count). The maximum Gasteiger partial charge on any atom is 0.306 e. The normalized spacial score (nSPS) is 12.0. The molecule has 0 radical (unpaired) electrons. The number of carbonyl (C=O) groups is 3. The Morgan fingerprint density at radius 1 is 0.302 bits per heavy atom. The zero-order chi connectivity index (χ0) is 45.8. The summed E-state index contributed by atoms with van der Waals surface area (Å²) < 4.78 is 16.8. The van der Waals surface area contributed by atoms with Crippen molar-refractivity contribution in [1.29, 1.82) is 0 Å². The van der Waals surface area contributed by atoms with Crippen LogP contribution in [0.2, 0.25) is 0 Å². The van der Waals surface area contributed by atoms with Crippen LogP contribution in [0.1, 0.15) is 316 Å². The van der Waals surface area contributed by atoms with Gasteiger partial charge in [0, 0.05) is 19.3 Å². The van der Waals surface area contributed by atoms with Crippen molar-refractivity contribution in [3.8, 4) is 0 Å². The highest BCUT2D eigenvalue weighted by atomic mass is 16.6. The van der Waals surface area contributed by atoms with E-state index in [0.29, 0.717) is 19.3 Å². The second kappa shape index (κ2) is 52.8. The van der Waals surface area contributed by atoms with E-state index in [4.69, 9.17) is 14.2 Å². The molecule has 0 saturated heterocycles. The third-order valence-electron chi connectivity index (χ3n) is 12.8. The molecular formula is C57H108O6. The van der Waals surface area contributed by atoms with Crippen molar-refractivity contribution >= 4 is 17.9 Å². The zero-order valence-electron chi connectivity index (χ0n) is 42.6. The van der Waals surface area contributed by atoms with E-state index in [1.807, 2.05) is 0 Å². The first-order chi connectivity index (χ1) is 31.0. The van der Waals surface area contributed by atoms with Gasteiger partial charge in [-0.2, -0.15) is 0 Å². The van der Waals surface area contributed by atoms with Crippen LogP contribution in [0.4, 0.5) is 0 Å². The number of unbranched alkanes of at least 4 members (excludes halogenated alkanes) is 39. The van der Waals surface area contributed by atoms with E-state index < -0.39 is 6.10 Å². The first-order valence-electron chi connectivity index (χ1n) is 28.2. The molecule has 0 aromatic carbocycles. The zero-order valence-corrected chi connectivity index (χ0v) is 42.6. The van der Waals surface area contributed by atoms with Gasteiger partial charge in [-0.1, -0.05) is 264 Å². The Hall–Kier alpha value is -1.85. The highest BCUT2D eigenvalue weighted by Crippen LogP contribution is 2.17. The Morgan fingerprint density at radius 2 is 0.524 bits per heavy atom. The van der Waals surface area contributed by atoms with Gasteiger partial charge in [-0.15, -0.1) is 0 Å². The molecule has 0 aliphatic rings. The van der Waals surface area contributed by atoms with Crippen molar-refractivity contribution in [2.45, 2.75) is 322 Å². The van der Waals surface area contributed by atoms with Crippen LogP contribution in [0, 0.1) is 0 Å². The van der Waals surface area contributed by atoms with E-state index in [0.717, 1.165) is 57.8 Å². The highest BCUT2D eigenvalue weighted by Gasteiger charge is 2.19. The average molecular weight is 889 g/mol. The Morgan fingerprint density at radius 3 is 0.794 bits per heavy atom. The third kappa shape index (κ3) is 51.0. The molecule has 6 heteroatoms. The summed E-state index contributed by atoms with van der Waals surface area (Å²) in [6.45, 7) is 6.68. The molecule has 0 bridgehead atoms. The van der Waals surface area contributed by atoms with Gasteiger partial charge >= 0.3 is 17.9 Å². The Bertz CT molecular complexity index is 978. The Labute approximate surface area is 392 Å². The van der Waals surface area contributed by atoms with Crippen molar-refractivity contribution < 1.29 is 28.6 Å². The molecule has 6 nitrogen and oxygen atoms in total. The summed E-state index contributed by atoms with van der Waals surface area (Å²) in [4.78, 5) is 38.0. The van der Waals surface area contributed by atoms with E-state index >= 15 is 0 Å². The number of hydrogen-bond acceptors (Lipinski definition) is 6. The highest BCUT2D eigenvalue weighted by molar-refractivity contribution is 5.71. The molecule has 0 aromatic rings. The lowest BCUT2D eigenvalue weighted by molar-refractivity contribution is -0.167. The van der Waals surface area contributed by atoms with Gasteiger partial charge in [0.15, 0.2) is 6.10 Å². The fourth-order valence-corrected chi connectivity index (χ4v) is 8.50. The van der Waals surface area contributed by atoms with Crippen molar-refractivity contribution in [3.63, 3.8) is 0 Å². The van der Waals surface area contributed by atoms with Gasteiger partial charge in [0.1, 0.15) is 13.2 Å². The van der Waals surface area contributed by atoms with Crippen LogP contribution in [-0.2, 0) is 28.6 Å². The fourth-order valence-electron chi connectivity index (χ4n) is 8.50. The van der Waals surface area contributed by atoms with Gasteiger partial charge in [-0.05, 0) is 44.9 Å². The maximum absolute atomic E-state index is 12.8. The number of rotatable bonds is 52. The van der Waals surface area contributed by atoms with Gasteiger partial charge in [0.2, 0.25) is 0 Å². The number of hydrogen-bond donors (Lipinski definition) is 0. The molecule has 0 aliphatic carbocycles. The first kappa shape index (κ1) is 61.1. The number of allylic oxidation sites excluding steroid dienone is 2. The minimum atomic E-state index is -0.764. The molecular weight excluding hydrogens is 781 g/mol.